The van der Waals surface area contributed by atoms with E-state index in [1.54, 1.807) is 13.1 Å². The van der Waals surface area contributed by atoms with Crippen LogP contribution in [0.3, 0.4) is 0 Å². The molecular formula is C15H17N3O2S. The van der Waals surface area contributed by atoms with Crippen molar-refractivity contribution in [2.75, 3.05) is 12.8 Å². The molecule has 0 saturated carbocycles. The van der Waals surface area contributed by atoms with E-state index in [2.05, 4.69) is 10.4 Å². The number of nitrogens with zero attached hydrogens (tertiary/aromatic N) is 2. The number of carbonyl (C=O) groups is 1. The summed E-state index contributed by atoms with van der Waals surface area (Å²) >= 11 is 1.30. The van der Waals surface area contributed by atoms with Gasteiger partial charge in [0.1, 0.15) is 5.03 Å². The maximum atomic E-state index is 12.0. The lowest BCUT2D eigenvalue weighted by Crippen LogP contribution is -2.22. The number of amides is 1. The molecule has 2 rings (SSSR count). The predicted molar refractivity (Wildman–Crippen MR) is 84.1 cm³/mol. The molecule has 0 atom stereocenters. The maximum absolute atomic E-state index is 12.0. The van der Waals surface area contributed by atoms with Crippen LogP contribution in [-0.2, 0) is 4.79 Å². The molecular weight excluding hydrogens is 286 g/mol. The fourth-order valence-electron chi connectivity index (χ4n) is 1.73. The largest absolute Gasteiger partial charge is 0.358 e. The lowest BCUT2D eigenvalue weighted by atomic mass is 10.1. The molecule has 1 amide bonds. The summed E-state index contributed by atoms with van der Waals surface area (Å²) in [6, 6.07) is 8.85. The van der Waals surface area contributed by atoms with Gasteiger partial charge in [-0.3, -0.25) is 9.59 Å². The molecule has 0 aliphatic rings. The topological polar surface area (TPSA) is 64.0 Å². The van der Waals surface area contributed by atoms with Gasteiger partial charge >= 0.3 is 0 Å². The van der Waals surface area contributed by atoms with Crippen LogP contribution >= 0.6 is 11.8 Å². The molecule has 6 heteroatoms. The van der Waals surface area contributed by atoms with Gasteiger partial charge in [0.15, 0.2) is 0 Å². The minimum atomic E-state index is -0.192. The van der Waals surface area contributed by atoms with Crippen LogP contribution in [-0.4, -0.2) is 28.5 Å². The Morgan fingerprint density at radius 1 is 1.24 bits per heavy atom. The summed E-state index contributed by atoms with van der Waals surface area (Å²) in [4.78, 5) is 23.2. The third kappa shape index (κ3) is 3.72. The van der Waals surface area contributed by atoms with E-state index < -0.39 is 0 Å². The second-order valence-corrected chi connectivity index (χ2v) is 5.65. The Morgan fingerprint density at radius 3 is 2.67 bits per heavy atom. The van der Waals surface area contributed by atoms with Gasteiger partial charge in [-0.2, -0.15) is 9.78 Å². The summed E-state index contributed by atoms with van der Waals surface area (Å²) in [6.45, 7) is 4.01. The van der Waals surface area contributed by atoms with Crippen LogP contribution in [0.4, 0.5) is 0 Å². The van der Waals surface area contributed by atoms with E-state index in [4.69, 9.17) is 0 Å². The zero-order chi connectivity index (χ0) is 15.4. The monoisotopic (exact) mass is 303 g/mol. The molecule has 0 spiro atoms. The Kier molecular flexibility index (Phi) is 4.80. The van der Waals surface area contributed by atoms with Gasteiger partial charge in [0.05, 0.1) is 11.4 Å². The van der Waals surface area contributed by atoms with Crippen LogP contribution in [0.25, 0.3) is 5.69 Å². The highest BCUT2D eigenvalue weighted by Gasteiger charge is 2.07. The summed E-state index contributed by atoms with van der Waals surface area (Å²) in [6.07, 6.45) is 0. The highest BCUT2D eigenvalue weighted by atomic mass is 32.2. The number of rotatable bonds is 4. The average Bonchev–Trinajstić information content (AvgIpc) is 2.49. The molecule has 5 nitrogen and oxygen atoms in total. The van der Waals surface area contributed by atoms with Gasteiger partial charge < -0.3 is 5.32 Å². The molecule has 1 aromatic carbocycles. The zero-order valence-corrected chi connectivity index (χ0v) is 13.0. The van der Waals surface area contributed by atoms with Gasteiger partial charge in [0, 0.05) is 13.1 Å². The van der Waals surface area contributed by atoms with Gasteiger partial charge in [-0.1, -0.05) is 17.8 Å². The molecule has 0 saturated heterocycles. The van der Waals surface area contributed by atoms with Crippen molar-refractivity contribution < 1.29 is 4.79 Å². The third-order valence-corrected chi connectivity index (χ3v) is 4.06. The average molecular weight is 303 g/mol. The minimum absolute atomic E-state index is 0.0780. The Bertz CT molecular complexity index is 725. The molecule has 0 aliphatic heterocycles. The number of nitrogens with one attached hydrogen (secondary N) is 1. The number of hydrogen-bond acceptors (Lipinski definition) is 4. The van der Waals surface area contributed by atoms with E-state index >= 15 is 0 Å². The highest BCUT2D eigenvalue weighted by Crippen LogP contribution is 2.15. The van der Waals surface area contributed by atoms with Crippen molar-refractivity contribution in [3.8, 4) is 5.69 Å². The fraction of sp³-hybridized carbons (Fsp3) is 0.267. The molecule has 1 heterocycles. The number of hydrogen-bond donors (Lipinski definition) is 1. The Labute approximate surface area is 127 Å². The quantitative estimate of drug-likeness (QED) is 0.873. The SMILES string of the molecule is CNC(=O)CSc1ccc(=O)n(-c2ccc(C)c(C)c2)n1. The lowest BCUT2D eigenvalue weighted by molar-refractivity contribution is -0.118. The van der Waals surface area contributed by atoms with Gasteiger partial charge in [-0.15, -0.1) is 0 Å². The van der Waals surface area contributed by atoms with E-state index in [0.29, 0.717) is 5.03 Å². The summed E-state index contributed by atoms with van der Waals surface area (Å²) in [5.74, 6) is 0.194. The first kappa shape index (κ1) is 15.3. The standard InChI is InChI=1S/C15H17N3O2S/c1-10-4-5-12(8-11(10)2)18-15(20)7-6-14(17-18)21-9-13(19)16-3/h4-8H,9H2,1-3H3,(H,16,19). The van der Waals surface area contributed by atoms with E-state index in [0.717, 1.165) is 16.8 Å². The number of thioether (sulfide) groups is 1. The molecule has 1 N–H and O–H groups in total. The number of aromatic nitrogens is 2. The smallest absolute Gasteiger partial charge is 0.271 e. The number of benzene rings is 1. The second kappa shape index (κ2) is 6.58. The molecule has 1 aromatic heterocycles. The van der Waals surface area contributed by atoms with Gasteiger partial charge in [0.2, 0.25) is 5.91 Å². The number of carbonyl (C=O) groups excluding carboxylic acids is 1. The number of aryl methyl sites for hydroxylation is 2. The molecule has 0 bridgehead atoms. The van der Waals surface area contributed by atoms with Gasteiger partial charge in [-0.25, -0.2) is 0 Å². The fourth-order valence-corrected chi connectivity index (χ4v) is 2.45. The third-order valence-electron chi connectivity index (χ3n) is 3.14. The van der Waals surface area contributed by atoms with Crippen molar-refractivity contribution in [1.82, 2.24) is 15.1 Å². The normalized spacial score (nSPS) is 10.4. The van der Waals surface area contributed by atoms with Crippen molar-refractivity contribution in [2.24, 2.45) is 0 Å². The first-order chi connectivity index (χ1) is 10.0. The van der Waals surface area contributed by atoms with Gasteiger partial charge in [0.25, 0.3) is 5.56 Å². The Morgan fingerprint density at radius 2 is 2.00 bits per heavy atom. The Balaban J connectivity index is 2.32. The van der Waals surface area contributed by atoms with Crippen LogP contribution in [0.5, 0.6) is 0 Å². The van der Waals surface area contributed by atoms with Crippen LogP contribution in [0, 0.1) is 13.8 Å². The minimum Gasteiger partial charge on any atom is -0.358 e. The van der Waals surface area contributed by atoms with E-state index in [9.17, 15) is 9.59 Å². The van der Waals surface area contributed by atoms with Crippen LogP contribution in [0.15, 0.2) is 40.2 Å². The van der Waals surface area contributed by atoms with Crippen LogP contribution in [0.1, 0.15) is 11.1 Å². The van der Waals surface area contributed by atoms with Crippen molar-refractivity contribution >= 4 is 17.7 Å². The predicted octanol–water partition coefficient (Wildman–Crippen LogP) is 1.69. The molecule has 2 aromatic rings. The van der Waals surface area contributed by atoms with Crippen LogP contribution < -0.4 is 10.9 Å². The van der Waals surface area contributed by atoms with E-state index in [-0.39, 0.29) is 17.2 Å². The lowest BCUT2D eigenvalue weighted by Gasteiger charge is -2.08. The first-order valence-electron chi connectivity index (χ1n) is 6.52. The van der Waals surface area contributed by atoms with Crippen LogP contribution in [0.2, 0.25) is 0 Å². The first-order valence-corrected chi connectivity index (χ1v) is 7.51. The summed E-state index contributed by atoms with van der Waals surface area (Å²) < 4.78 is 1.36. The maximum Gasteiger partial charge on any atom is 0.271 e. The van der Waals surface area contributed by atoms with Crippen molar-refractivity contribution in [2.45, 2.75) is 18.9 Å². The van der Waals surface area contributed by atoms with Crippen molar-refractivity contribution in [3.05, 3.63) is 51.8 Å². The molecule has 0 fully saturated rings. The molecule has 0 unspecified atom stereocenters. The molecule has 21 heavy (non-hydrogen) atoms. The van der Waals surface area contributed by atoms with E-state index in [1.165, 1.54) is 22.5 Å². The molecule has 0 radical (unpaired) electrons. The summed E-state index contributed by atoms with van der Waals surface area (Å²) in [5.41, 5.74) is 2.80. The summed E-state index contributed by atoms with van der Waals surface area (Å²) in [5, 5.41) is 7.49. The summed E-state index contributed by atoms with van der Waals surface area (Å²) in [7, 11) is 1.59. The Hall–Kier alpha value is -2.08. The zero-order valence-electron chi connectivity index (χ0n) is 12.2. The van der Waals surface area contributed by atoms with Gasteiger partial charge in [-0.05, 0) is 43.2 Å². The van der Waals surface area contributed by atoms with Crippen molar-refractivity contribution in [1.29, 1.82) is 0 Å². The van der Waals surface area contributed by atoms with E-state index in [1.807, 2.05) is 32.0 Å². The second-order valence-electron chi connectivity index (χ2n) is 4.65. The molecule has 110 valence electrons. The highest BCUT2D eigenvalue weighted by molar-refractivity contribution is 7.99. The van der Waals surface area contributed by atoms with Crippen molar-refractivity contribution in [3.63, 3.8) is 0 Å². The molecule has 0 aliphatic carbocycles.